The molecule has 0 aliphatic heterocycles. The molecule has 0 heterocycles. The predicted octanol–water partition coefficient (Wildman–Crippen LogP) is 2.56. The topological polar surface area (TPSA) is 67.4 Å². The van der Waals surface area contributed by atoms with Gasteiger partial charge >= 0.3 is 0 Å². The summed E-state index contributed by atoms with van der Waals surface area (Å²) < 4.78 is 5.35. The molecule has 0 spiro atoms. The summed E-state index contributed by atoms with van der Waals surface area (Å²) in [5, 5.41) is 0. The number of hydrazine groups is 1. The van der Waals surface area contributed by atoms with Gasteiger partial charge in [0.2, 0.25) is 5.91 Å². The van der Waals surface area contributed by atoms with E-state index in [9.17, 15) is 9.59 Å². The fourth-order valence-corrected chi connectivity index (χ4v) is 2.08. The molecule has 0 radical (unpaired) electrons. The van der Waals surface area contributed by atoms with Gasteiger partial charge in [0, 0.05) is 5.56 Å². The minimum Gasteiger partial charge on any atom is -0.490 e. The molecule has 5 nitrogen and oxygen atoms in total. The molecule has 0 aliphatic carbocycles. The molecular weight excluding hydrogens is 304 g/mol. The van der Waals surface area contributed by atoms with Crippen LogP contribution < -0.4 is 15.6 Å². The Hall–Kier alpha value is -3.08. The second-order valence-electron chi connectivity index (χ2n) is 5.23. The highest BCUT2D eigenvalue weighted by Crippen LogP contribution is 2.12. The van der Waals surface area contributed by atoms with Gasteiger partial charge < -0.3 is 4.74 Å². The van der Waals surface area contributed by atoms with Crippen LogP contribution in [0.2, 0.25) is 0 Å². The molecule has 0 saturated carbocycles. The molecule has 0 aliphatic rings. The van der Waals surface area contributed by atoms with Gasteiger partial charge in [0.25, 0.3) is 5.91 Å². The first kappa shape index (κ1) is 17.3. The zero-order chi connectivity index (χ0) is 17.4. The fourth-order valence-electron chi connectivity index (χ4n) is 2.08. The van der Waals surface area contributed by atoms with Crippen molar-refractivity contribution < 1.29 is 14.3 Å². The van der Waals surface area contributed by atoms with E-state index in [0.29, 0.717) is 17.9 Å². The molecule has 2 rings (SSSR count). The normalized spacial score (nSPS) is 9.88. The van der Waals surface area contributed by atoms with Crippen molar-refractivity contribution in [2.75, 3.05) is 6.61 Å². The molecule has 2 aromatic rings. The Balaban J connectivity index is 1.85. The minimum absolute atomic E-state index is 0.210. The van der Waals surface area contributed by atoms with Gasteiger partial charge in [0.1, 0.15) is 12.4 Å². The molecule has 0 bridgehead atoms. The number of ether oxygens (including phenoxy) is 1. The molecule has 0 saturated heterocycles. The van der Waals surface area contributed by atoms with Crippen LogP contribution in [0.3, 0.4) is 0 Å². The molecular formula is C19H20N2O3. The molecule has 2 amide bonds. The number of hydrogen-bond donors (Lipinski definition) is 2. The van der Waals surface area contributed by atoms with Crippen molar-refractivity contribution in [1.29, 1.82) is 0 Å². The number of nitrogens with one attached hydrogen (secondary N) is 2. The smallest absolute Gasteiger partial charge is 0.269 e. The van der Waals surface area contributed by atoms with E-state index >= 15 is 0 Å². The van der Waals surface area contributed by atoms with Crippen molar-refractivity contribution in [3.05, 3.63) is 77.9 Å². The van der Waals surface area contributed by atoms with E-state index < -0.39 is 0 Å². The van der Waals surface area contributed by atoms with E-state index in [1.807, 2.05) is 31.2 Å². The highest BCUT2D eigenvalue weighted by atomic mass is 16.5. The van der Waals surface area contributed by atoms with Crippen LogP contribution in [0.5, 0.6) is 5.75 Å². The van der Waals surface area contributed by atoms with Crippen LogP contribution in [0.1, 0.15) is 21.5 Å². The van der Waals surface area contributed by atoms with Gasteiger partial charge in [-0.3, -0.25) is 20.4 Å². The highest BCUT2D eigenvalue weighted by Gasteiger charge is 2.09. The van der Waals surface area contributed by atoms with Crippen molar-refractivity contribution >= 4 is 11.8 Å². The summed E-state index contributed by atoms with van der Waals surface area (Å²) in [6.45, 7) is 5.91. The Bertz CT molecular complexity index is 724. The number of carbonyl (C=O) groups excluding carboxylic acids is 2. The maximum absolute atomic E-state index is 12.0. The lowest BCUT2D eigenvalue weighted by Gasteiger charge is -2.09. The van der Waals surface area contributed by atoms with Gasteiger partial charge in [-0.05, 0) is 42.3 Å². The summed E-state index contributed by atoms with van der Waals surface area (Å²) in [6, 6.07) is 14.3. The number of carbonyl (C=O) groups is 2. The van der Waals surface area contributed by atoms with Crippen molar-refractivity contribution in [2.45, 2.75) is 13.3 Å². The Labute approximate surface area is 141 Å². The molecule has 0 aromatic heterocycles. The Morgan fingerprint density at radius 3 is 2.46 bits per heavy atom. The third kappa shape index (κ3) is 4.98. The standard InChI is InChI=1S/C19H20N2O3/c1-3-12-24-17-10-8-15(9-11-17)19(23)21-20-18(22)13-16-7-5-4-6-14(16)2/h3-11H,1,12-13H2,2H3,(H,20,22)(H,21,23). The summed E-state index contributed by atoms with van der Waals surface area (Å²) in [4.78, 5) is 23.9. The average molecular weight is 324 g/mol. The first-order chi connectivity index (χ1) is 11.6. The van der Waals surface area contributed by atoms with E-state index in [0.717, 1.165) is 11.1 Å². The third-order valence-corrected chi connectivity index (χ3v) is 3.41. The summed E-state index contributed by atoms with van der Waals surface area (Å²) in [7, 11) is 0. The van der Waals surface area contributed by atoms with Crippen LogP contribution in [0.4, 0.5) is 0 Å². The van der Waals surface area contributed by atoms with Crippen LogP contribution in [0.15, 0.2) is 61.2 Å². The maximum Gasteiger partial charge on any atom is 0.269 e. The van der Waals surface area contributed by atoms with Gasteiger partial charge in [-0.2, -0.15) is 0 Å². The molecule has 0 unspecified atom stereocenters. The second-order valence-corrected chi connectivity index (χ2v) is 5.23. The lowest BCUT2D eigenvalue weighted by molar-refractivity contribution is -0.121. The van der Waals surface area contributed by atoms with Crippen LogP contribution in [-0.2, 0) is 11.2 Å². The lowest BCUT2D eigenvalue weighted by Crippen LogP contribution is -2.42. The summed E-state index contributed by atoms with van der Waals surface area (Å²) >= 11 is 0. The quantitative estimate of drug-likeness (QED) is 0.634. The zero-order valence-electron chi connectivity index (χ0n) is 13.5. The third-order valence-electron chi connectivity index (χ3n) is 3.41. The average Bonchev–Trinajstić information content (AvgIpc) is 2.60. The Morgan fingerprint density at radius 1 is 1.08 bits per heavy atom. The number of benzene rings is 2. The molecule has 24 heavy (non-hydrogen) atoms. The van der Waals surface area contributed by atoms with Crippen LogP contribution >= 0.6 is 0 Å². The SMILES string of the molecule is C=CCOc1ccc(C(=O)NNC(=O)Cc2ccccc2C)cc1. The molecule has 124 valence electrons. The number of hydrogen-bond acceptors (Lipinski definition) is 3. The minimum atomic E-state index is -0.386. The van der Waals surface area contributed by atoms with E-state index in [1.54, 1.807) is 30.3 Å². The van der Waals surface area contributed by atoms with Crippen molar-refractivity contribution in [2.24, 2.45) is 0 Å². The fraction of sp³-hybridized carbons (Fsp3) is 0.158. The molecule has 2 N–H and O–H groups in total. The molecule has 0 fully saturated rings. The lowest BCUT2D eigenvalue weighted by atomic mass is 10.1. The maximum atomic E-state index is 12.0. The van der Waals surface area contributed by atoms with E-state index in [4.69, 9.17) is 4.74 Å². The summed E-state index contributed by atoms with van der Waals surface area (Å²) in [6.07, 6.45) is 1.85. The van der Waals surface area contributed by atoms with Gasteiger partial charge in [-0.1, -0.05) is 36.9 Å². The molecule has 5 heteroatoms. The van der Waals surface area contributed by atoms with Crippen molar-refractivity contribution in [1.82, 2.24) is 10.9 Å². The zero-order valence-corrected chi connectivity index (χ0v) is 13.5. The molecule has 2 aromatic carbocycles. The van der Waals surface area contributed by atoms with E-state index in [2.05, 4.69) is 17.4 Å². The number of aryl methyl sites for hydroxylation is 1. The van der Waals surface area contributed by atoms with Gasteiger partial charge in [-0.25, -0.2) is 0 Å². The summed E-state index contributed by atoms with van der Waals surface area (Å²) in [5.41, 5.74) is 7.22. The Morgan fingerprint density at radius 2 is 1.79 bits per heavy atom. The highest BCUT2D eigenvalue weighted by molar-refractivity contribution is 5.95. The van der Waals surface area contributed by atoms with Gasteiger partial charge in [-0.15, -0.1) is 0 Å². The van der Waals surface area contributed by atoms with Crippen LogP contribution in [0, 0.1) is 6.92 Å². The first-order valence-electron chi connectivity index (χ1n) is 7.57. The summed E-state index contributed by atoms with van der Waals surface area (Å²) in [5.74, 6) is -0.0120. The Kier molecular flexibility index (Phi) is 6.14. The first-order valence-corrected chi connectivity index (χ1v) is 7.57. The predicted molar refractivity (Wildman–Crippen MR) is 92.6 cm³/mol. The van der Waals surface area contributed by atoms with Gasteiger partial charge in [0.15, 0.2) is 0 Å². The van der Waals surface area contributed by atoms with Crippen molar-refractivity contribution in [3.63, 3.8) is 0 Å². The number of rotatable bonds is 6. The number of amides is 2. The van der Waals surface area contributed by atoms with E-state index in [1.165, 1.54) is 0 Å². The van der Waals surface area contributed by atoms with Gasteiger partial charge in [0.05, 0.1) is 6.42 Å². The molecule has 0 atom stereocenters. The van der Waals surface area contributed by atoms with E-state index in [-0.39, 0.29) is 18.2 Å². The monoisotopic (exact) mass is 324 g/mol. The van der Waals surface area contributed by atoms with Crippen molar-refractivity contribution in [3.8, 4) is 5.75 Å². The van der Waals surface area contributed by atoms with Crippen LogP contribution in [0.25, 0.3) is 0 Å². The second kappa shape index (κ2) is 8.53. The van der Waals surface area contributed by atoms with Crippen LogP contribution in [-0.4, -0.2) is 18.4 Å². The largest absolute Gasteiger partial charge is 0.490 e.